The van der Waals surface area contributed by atoms with Gasteiger partial charge in [0, 0.05) is 55.0 Å². The lowest BCUT2D eigenvalue weighted by Gasteiger charge is -2.41. The molecule has 254 valence electrons. The Morgan fingerprint density at radius 2 is 1.67 bits per heavy atom. The lowest BCUT2D eigenvalue weighted by molar-refractivity contribution is -0.214. The molecule has 0 saturated carbocycles. The van der Waals surface area contributed by atoms with E-state index in [1.165, 1.54) is 30.0 Å². The molecular weight excluding hydrogens is 634 g/mol. The molecule has 0 unspecified atom stereocenters. The second-order valence-corrected chi connectivity index (χ2v) is 14.1. The fourth-order valence-electron chi connectivity index (χ4n) is 5.96. The van der Waals surface area contributed by atoms with E-state index in [2.05, 4.69) is 18.2 Å². The Kier molecular flexibility index (Phi) is 10.4. The van der Waals surface area contributed by atoms with E-state index in [0.29, 0.717) is 23.2 Å². The molecule has 1 aliphatic rings. The summed E-state index contributed by atoms with van der Waals surface area (Å²) in [6, 6.07) is 17.9. The summed E-state index contributed by atoms with van der Waals surface area (Å²) in [5.41, 5.74) is 3.01. The number of esters is 3. The van der Waals surface area contributed by atoms with Crippen molar-refractivity contribution in [2.75, 3.05) is 6.61 Å². The number of fused-ring (bicyclic) bond motifs is 1. The predicted octanol–water partition coefficient (Wildman–Crippen LogP) is 7.31. The molecule has 1 fully saturated rings. The van der Waals surface area contributed by atoms with Crippen molar-refractivity contribution in [1.82, 2.24) is 4.57 Å². The zero-order valence-corrected chi connectivity index (χ0v) is 29.1. The molecule has 0 spiro atoms. The third-order valence-corrected chi connectivity index (χ3v) is 8.98. The number of aryl methyl sites for hydroxylation is 1. The number of carbonyl (C=O) groups is 4. The second kappa shape index (κ2) is 14.3. The van der Waals surface area contributed by atoms with Gasteiger partial charge in [-0.3, -0.25) is 19.0 Å². The van der Waals surface area contributed by atoms with Crippen LogP contribution in [0.5, 0.6) is 0 Å². The van der Waals surface area contributed by atoms with Crippen molar-refractivity contribution in [1.29, 1.82) is 0 Å². The van der Waals surface area contributed by atoms with Crippen LogP contribution in [0.15, 0.2) is 60.8 Å². The van der Waals surface area contributed by atoms with E-state index in [0.717, 1.165) is 21.4 Å². The molecule has 48 heavy (non-hydrogen) atoms. The molecule has 5 rings (SSSR count). The highest BCUT2D eigenvalue weighted by Crippen LogP contribution is 2.42. The van der Waals surface area contributed by atoms with Crippen LogP contribution >= 0.6 is 11.3 Å². The molecule has 0 N–H and O–H groups in total. The van der Waals surface area contributed by atoms with Gasteiger partial charge in [-0.2, -0.15) is 0 Å². The molecule has 10 nitrogen and oxygen atoms in total. The van der Waals surface area contributed by atoms with Gasteiger partial charge in [-0.05, 0) is 80.1 Å². The maximum Gasteiger partial charge on any atom is 0.418 e. The zero-order valence-electron chi connectivity index (χ0n) is 28.2. The van der Waals surface area contributed by atoms with Crippen LogP contribution in [0.25, 0.3) is 21.3 Å². The monoisotopic (exact) mass is 675 g/mol. The number of hydrogen-bond acceptors (Lipinski definition) is 10. The number of ether oxygens (including phenoxy) is 5. The first-order chi connectivity index (χ1) is 22.7. The van der Waals surface area contributed by atoms with Crippen LogP contribution in [0.1, 0.15) is 75.6 Å². The van der Waals surface area contributed by atoms with Crippen LogP contribution in [0.2, 0.25) is 0 Å². The Morgan fingerprint density at radius 1 is 0.938 bits per heavy atom. The van der Waals surface area contributed by atoms with E-state index in [4.69, 9.17) is 23.7 Å². The highest BCUT2D eigenvalue weighted by molar-refractivity contribution is 7.19. The van der Waals surface area contributed by atoms with Gasteiger partial charge in [-0.15, -0.1) is 11.3 Å². The Morgan fingerprint density at radius 3 is 2.33 bits per heavy atom. The Labute approximate surface area is 283 Å². The molecule has 2 aromatic carbocycles. The van der Waals surface area contributed by atoms with Gasteiger partial charge < -0.3 is 23.7 Å². The lowest BCUT2D eigenvalue weighted by atomic mass is 9.86. The van der Waals surface area contributed by atoms with Crippen molar-refractivity contribution >= 4 is 45.4 Å². The van der Waals surface area contributed by atoms with Gasteiger partial charge in [-0.25, -0.2) is 4.79 Å². The minimum absolute atomic E-state index is 0.0967. The van der Waals surface area contributed by atoms with Gasteiger partial charge in [-0.1, -0.05) is 24.3 Å². The number of thiophene rings is 1. The summed E-state index contributed by atoms with van der Waals surface area (Å²) in [4.78, 5) is 51.1. The standard InChI is InChI=1S/C37H41NO9S/c1-21-15-29(31-12-10-14-38(31)36(42)47-37(5,6)7)30(18-26(21)17-28-16-25-11-8-9-13-33(25)48-28)34-35(45-24(4)41)32(44-23(3)40)19-27(46-34)20-43-22(2)39/h8-16,18,27,32,34-35H,17,19-20H2,1-7H3/t27-,32-,34-,35+/m0/s1. The predicted molar refractivity (Wildman–Crippen MR) is 181 cm³/mol. The normalized spacial score (nSPS) is 19.5. The average molecular weight is 676 g/mol. The van der Waals surface area contributed by atoms with Crippen molar-refractivity contribution in [3.05, 3.63) is 82.4 Å². The number of rotatable bonds is 8. The molecular formula is C37H41NO9S. The Balaban J connectivity index is 1.68. The molecule has 0 bridgehead atoms. The maximum absolute atomic E-state index is 13.4. The van der Waals surface area contributed by atoms with E-state index in [1.54, 1.807) is 50.4 Å². The first-order valence-electron chi connectivity index (χ1n) is 15.8. The molecule has 0 radical (unpaired) electrons. The fraction of sp³-hybridized carbons (Fsp3) is 0.405. The molecule has 2 aromatic heterocycles. The van der Waals surface area contributed by atoms with E-state index in [-0.39, 0.29) is 13.0 Å². The first kappa shape index (κ1) is 34.8. The van der Waals surface area contributed by atoms with E-state index < -0.39 is 54.0 Å². The second-order valence-electron chi connectivity index (χ2n) is 13.0. The third kappa shape index (κ3) is 8.32. The van der Waals surface area contributed by atoms with E-state index in [9.17, 15) is 19.2 Å². The van der Waals surface area contributed by atoms with Gasteiger partial charge in [0.1, 0.15) is 24.4 Å². The van der Waals surface area contributed by atoms with Crippen LogP contribution in [-0.2, 0) is 44.5 Å². The van der Waals surface area contributed by atoms with Crippen LogP contribution in [0.3, 0.4) is 0 Å². The van der Waals surface area contributed by atoms with Gasteiger partial charge in [0.25, 0.3) is 0 Å². The minimum Gasteiger partial charge on any atom is -0.463 e. The topological polar surface area (TPSA) is 119 Å². The van der Waals surface area contributed by atoms with Crippen LogP contribution in [-0.4, -0.2) is 59.1 Å². The number of carbonyl (C=O) groups excluding carboxylic acids is 4. The van der Waals surface area contributed by atoms with Crippen molar-refractivity contribution in [2.24, 2.45) is 0 Å². The molecule has 1 aliphatic heterocycles. The number of nitrogens with zero attached hydrogens (tertiary/aromatic N) is 1. The molecule has 0 amide bonds. The van der Waals surface area contributed by atoms with Crippen LogP contribution < -0.4 is 0 Å². The summed E-state index contributed by atoms with van der Waals surface area (Å²) >= 11 is 1.71. The molecule has 0 aliphatic carbocycles. The van der Waals surface area contributed by atoms with Crippen LogP contribution in [0.4, 0.5) is 4.79 Å². The smallest absolute Gasteiger partial charge is 0.418 e. The molecule has 4 atom stereocenters. The van der Waals surface area contributed by atoms with Gasteiger partial charge in [0.15, 0.2) is 6.10 Å². The fourth-order valence-corrected chi connectivity index (χ4v) is 7.04. The number of aromatic nitrogens is 1. The summed E-state index contributed by atoms with van der Waals surface area (Å²) in [6.45, 7) is 11.2. The summed E-state index contributed by atoms with van der Waals surface area (Å²) in [5.74, 6) is -1.63. The van der Waals surface area contributed by atoms with Crippen molar-refractivity contribution in [3.8, 4) is 11.3 Å². The van der Waals surface area contributed by atoms with Gasteiger partial charge >= 0.3 is 24.0 Å². The zero-order chi connectivity index (χ0) is 34.7. The maximum atomic E-state index is 13.4. The lowest BCUT2D eigenvalue weighted by Crippen LogP contribution is -2.49. The summed E-state index contributed by atoms with van der Waals surface area (Å²) in [7, 11) is 0. The number of benzene rings is 2. The first-order valence-corrected chi connectivity index (χ1v) is 16.7. The quantitative estimate of drug-likeness (QED) is 0.140. The third-order valence-electron chi connectivity index (χ3n) is 7.86. The summed E-state index contributed by atoms with van der Waals surface area (Å²) in [5, 5.41) is 1.16. The molecule has 1 saturated heterocycles. The number of hydrogen-bond donors (Lipinski definition) is 0. The largest absolute Gasteiger partial charge is 0.463 e. The molecule has 11 heteroatoms. The van der Waals surface area contributed by atoms with Gasteiger partial charge in [0.2, 0.25) is 0 Å². The SMILES string of the molecule is CC(=O)OC[C@@H]1C[C@H](OC(C)=O)[C@@H](OC(C)=O)[C@H](c2cc(Cc3cc4ccccc4s3)c(C)cc2-c2cccn2C(=O)OC(C)(C)C)O1. The molecule has 3 heterocycles. The van der Waals surface area contributed by atoms with Crippen molar-refractivity contribution < 1.29 is 42.9 Å². The van der Waals surface area contributed by atoms with Crippen molar-refractivity contribution in [3.63, 3.8) is 0 Å². The Bertz CT molecular complexity index is 1800. The van der Waals surface area contributed by atoms with Crippen LogP contribution in [0, 0.1) is 6.92 Å². The highest BCUT2D eigenvalue weighted by Gasteiger charge is 2.45. The van der Waals surface area contributed by atoms with Gasteiger partial charge in [0.05, 0.1) is 11.8 Å². The van der Waals surface area contributed by atoms with E-state index in [1.807, 2.05) is 31.2 Å². The minimum atomic E-state index is -1.04. The van der Waals surface area contributed by atoms with E-state index >= 15 is 0 Å². The molecule has 4 aromatic rings. The summed E-state index contributed by atoms with van der Waals surface area (Å²) in [6.07, 6.45) is -1.78. The Hall–Kier alpha value is -4.48. The average Bonchev–Trinajstić information content (AvgIpc) is 3.64. The summed E-state index contributed by atoms with van der Waals surface area (Å²) < 4.78 is 31.8. The van der Waals surface area contributed by atoms with Crippen molar-refractivity contribution in [2.45, 2.75) is 91.3 Å². The highest BCUT2D eigenvalue weighted by atomic mass is 32.1.